The number of carbonyl (C=O) groups is 2. The van der Waals surface area contributed by atoms with E-state index in [9.17, 15) is 9.59 Å². The van der Waals surface area contributed by atoms with Gasteiger partial charge in [-0.15, -0.1) is 0 Å². The Morgan fingerprint density at radius 3 is 2.25 bits per heavy atom. The first-order valence-corrected chi connectivity index (χ1v) is 8.02. The Hall–Kier alpha value is -2.82. The van der Waals surface area contributed by atoms with Crippen LogP contribution in [0.3, 0.4) is 0 Å². The first-order chi connectivity index (χ1) is 11.6. The normalized spacial score (nSPS) is 10.1. The van der Waals surface area contributed by atoms with Gasteiger partial charge in [0, 0.05) is 11.4 Å². The summed E-state index contributed by atoms with van der Waals surface area (Å²) in [6.07, 6.45) is 0.583. The topological polar surface area (TPSA) is 67.4 Å². The molecule has 0 aliphatic heterocycles. The molecule has 0 aliphatic rings. The molecule has 2 aromatic rings. The van der Waals surface area contributed by atoms with Crippen LogP contribution in [0.1, 0.15) is 25.8 Å². The summed E-state index contributed by atoms with van der Waals surface area (Å²) < 4.78 is 5.34. The van der Waals surface area contributed by atoms with Crippen molar-refractivity contribution in [1.29, 1.82) is 0 Å². The molecular formula is C19H22N2O3. The fourth-order valence-electron chi connectivity index (χ4n) is 2.30. The standard InChI is InChI=1S/C19H22N2O3/c1-3-14-7-5-6-8-17(14)21-19(23)13-18(22)20-15-9-11-16(12-10-15)24-4-2/h5-12H,3-4,13H2,1-2H3,(H,20,22)(H,21,23). The largest absolute Gasteiger partial charge is 0.494 e. The molecule has 0 fully saturated rings. The first-order valence-electron chi connectivity index (χ1n) is 8.02. The molecule has 2 amide bonds. The molecule has 0 aromatic heterocycles. The van der Waals surface area contributed by atoms with Gasteiger partial charge in [0.05, 0.1) is 6.61 Å². The number of anilines is 2. The second-order valence-corrected chi connectivity index (χ2v) is 5.24. The Labute approximate surface area is 142 Å². The number of rotatable bonds is 7. The zero-order chi connectivity index (χ0) is 17.4. The van der Waals surface area contributed by atoms with Crippen molar-refractivity contribution in [3.05, 3.63) is 54.1 Å². The molecule has 24 heavy (non-hydrogen) atoms. The molecule has 0 radical (unpaired) electrons. The summed E-state index contributed by atoms with van der Waals surface area (Å²) in [4.78, 5) is 24.0. The van der Waals surface area contributed by atoms with Gasteiger partial charge in [0.25, 0.3) is 0 Å². The predicted octanol–water partition coefficient (Wildman–Crippen LogP) is 3.62. The maximum Gasteiger partial charge on any atom is 0.233 e. The number of nitrogens with one attached hydrogen (secondary N) is 2. The zero-order valence-electron chi connectivity index (χ0n) is 14.0. The van der Waals surface area contributed by atoms with E-state index >= 15 is 0 Å². The van der Waals surface area contributed by atoms with Crippen molar-refractivity contribution in [1.82, 2.24) is 0 Å². The number of carbonyl (C=O) groups excluding carboxylic acids is 2. The average molecular weight is 326 g/mol. The van der Waals surface area contributed by atoms with Crippen LogP contribution in [0.25, 0.3) is 0 Å². The van der Waals surface area contributed by atoms with Crippen LogP contribution in [-0.2, 0) is 16.0 Å². The van der Waals surface area contributed by atoms with Gasteiger partial charge in [-0.1, -0.05) is 25.1 Å². The van der Waals surface area contributed by atoms with Crippen LogP contribution in [0.5, 0.6) is 5.75 Å². The molecule has 0 saturated carbocycles. The molecule has 5 nitrogen and oxygen atoms in total. The molecule has 126 valence electrons. The van der Waals surface area contributed by atoms with E-state index in [-0.39, 0.29) is 18.2 Å². The highest BCUT2D eigenvalue weighted by Gasteiger charge is 2.11. The van der Waals surface area contributed by atoms with Gasteiger partial charge in [0.15, 0.2) is 0 Å². The number of benzene rings is 2. The van der Waals surface area contributed by atoms with Crippen LogP contribution in [0.15, 0.2) is 48.5 Å². The monoisotopic (exact) mass is 326 g/mol. The predicted molar refractivity (Wildman–Crippen MR) is 95.3 cm³/mol. The quantitative estimate of drug-likeness (QED) is 0.764. The Morgan fingerprint density at radius 1 is 0.917 bits per heavy atom. The minimum Gasteiger partial charge on any atom is -0.494 e. The van der Waals surface area contributed by atoms with E-state index in [0.717, 1.165) is 23.4 Å². The second kappa shape index (κ2) is 8.72. The molecule has 0 aliphatic carbocycles. The molecule has 0 atom stereocenters. The van der Waals surface area contributed by atoms with Crippen molar-refractivity contribution >= 4 is 23.2 Å². The lowest BCUT2D eigenvalue weighted by atomic mass is 10.1. The molecule has 2 N–H and O–H groups in total. The van der Waals surface area contributed by atoms with Gasteiger partial charge in [-0.3, -0.25) is 9.59 Å². The fraction of sp³-hybridized carbons (Fsp3) is 0.263. The summed E-state index contributed by atoms with van der Waals surface area (Å²) in [6.45, 7) is 4.51. The fourth-order valence-corrected chi connectivity index (χ4v) is 2.30. The van der Waals surface area contributed by atoms with Gasteiger partial charge in [0.1, 0.15) is 12.2 Å². The Bertz CT molecular complexity index is 696. The van der Waals surface area contributed by atoms with Gasteiger partial charge in [-0.25, -0.2) is 0 Å². The average Bonchev–Trinajstić information content (AvgIpc) is 2.57. The van der Waals surface area contributed by atoms with Gasteiger partial charge in [-0.2, -0.15) is 0 Å². The van der Waals surface area contributed by atoms with Gasteiger partial charge in [0.2, 0.25) is 11.8 Å². The van der Waals surface area contributed by atoms with E-state index in [1.165, 1.54) is 0 Å². The third-order valence-electron chi connectivity index (χ3n) is 3.44. The highest BCUT2D eigenvalue weighted by Crippen LogP contribution is 2.17. The van der Waals surface area contributed by atoms with Gasteiger partial charge >= 0.3 is 0 Å². The molecule has 0 heterocycles. The number of amides is 2. The van der Waals surface area contributed by atoms with Crippen LogP contribution < -0.4 is 15.4 Å². The number of aryl methyl sites for hydroxylation is 1. The van der Waals surface area contributed by atoms with Crippen LogP contribution >= 0.6 is 0 Å². The summed E-state index contributed by atoms with van der Waals surface area (Å²) in [6, 6.07) is 14.6. The summed E-state index contributed by atoms with van der Waals surface area (Å²) in [5, 5.41) is 5.49. The molecule has 2 aromatic carbocycles. The highest BCUT2D eigenvalue weighted by molar-refractivity contribution is 6.08. The van der Waals surface area contributed by atoms with Crippen LogP contribution in [0, 0.1) is 0 Å². The third kappa shape index (κ3) is 5.12. The smallest absolute Gasteiger partial charge is 0.233 e. The van der Waals surface area contributed by atoms with Crippen LogP contribution in [0.2, 0.25) is 0 Å². The van der Waals surface area contributed by atoms with E-state index in [1.54, 1.807) is 24.3 Å². The lowest BCUT2D eigenvalue weighted by Gasteiger charge is -2.10. The van der Waals surface area contributed by atoms with E-state index in [1.807, 2.05) is 38.1 Å². The van der Waals surface area contributed by atoms with Gasteiger partial charge in [-0.05, 0) is 49.2 Å². The Kier molecular flexibility index (Phi) is 6.37. The summed E-state index contributed by atoms with van der Waals surface area (Å²) in [5.74, 6) is 0.0504. The third-order valence-corrected chi connectivity index (χ3v) is 3.44. The Morgan fingerprint density at radius 2 is 1.58 bits per heavy atom. The van der Waals surface area contributed by atoms with E-state index in [0.29, 0.717) is 12.3 Å². The second-order valence-electron chi connectivity index (χ2n) is 5.24. The summed E-state index contributed by atoms with van der Waals surface area (Å²) in [5.41, 5.74) is 2.42. The van der Waals surface area contributed by atoms with Crippen LogP contribution in [-0.4, -0.2) is 18.4 Å². The summed E-state index contributed by atoms with van der Waals surface area (Å²) in [7, 11) is 0. The highest BCUT2D eigenvalue weighted by atomic mass is 16.5. The molecule has 2 rings (SSSR count). The molecule has 0 unspecified atom stereocenters. The number of hydrogen-bond donors (Lipinski definition) is 2. The molecule has 0 spiro atoms. The maximum atomic E-state index is 12.0. The van der Waals surface area contributed by atoms with Crippen molar-refractivity contribution in [2.45, 2.75) is 26.7 Å². The minimum absolute atomic E-state index is 0.231. The molecular weight excluding hydrogens is 304 g/mol. The first kappa shape index (κ1) is 17.5. The van der Waals surface area contributed by atoms with E-state index in [4.69, 9.17) is 4.74 Å². The maximum absolute atomic E-state index is 12.0. The molecule has 0 bridgehead atoms. The van der Waals surface area contributed by atoms with Gasteiger partial charge < -0.3 is 15.4 Å². The SMILES string of the molecule is CCOc1ccc(NC(=O)CC(=O)Nc2ccccc2CC)cc1. The van der Waals surface area contributed by atoms with Crippen molar-refractivity contribution in [2.75, 3.05) is 17.2 Å². The lowest BCUT2D eigenvalue weighted by molar-refractivity contribution is -0.123. The number of hydrogen-bond acceptors (Lipinski definition) is 3. The minimum atomic E-state index is -0.356. The van der Waals surface area contributed by atoms with E-state index < -0.39 is 0 Å². The van der Waals surface area contributed by atoms with Crippen LogP contribution in [0.4, 0.5) is 11.4 Å². The summed E-state index contributed by atoms with van der Waals surface area (Å²) >= 11 is 0. The van der Waals surface area contributed by atoms with Crippen molar-refractivity contribution < 1.29 is 14.3 Å². The van der Waals surface area contributed by atoms with Crippen molar-refractivity contribution in [3.8, 4) is 5.75 Å². The molecule has 5 heteroatoms. The number of para-hydroxylation sites is 1. The van der Waals surface area contributed by atoms with E-state index in [2.05, 4.69) is 10.6 Å². The molecule has 0 saturated heterocycles. The van der Waals surface area contributed by atoms with Crippen molar-refractivity contribution in [2.24, 2.45) is 0 Å². The lowest BCUT2D eigenvalue weighted by Crippen LogP contribution is -2.21. The van der Waals surface area contributed by atoms with Crippen molar-refractivity contribution in [3.63, 3.8) is 0 Å². The zero-order valence-corrected chi connectivity index (χ0v) is 14.0. The number of ether oxygens (including phenoxy) is 1. The Balaban J connectivity index is 1.88.